The molecule has 0 unspecified atom stereocenters. The average molecular weight is 927 g/mol. The Kier molecular flexibility index (Phi) is 7.29. The van der Waals surface area contributed by atoms with E-state index in [1.54, 1.807) is 0 Å². The van der Waals surface area contributed by atoms with E-state index in [1.165, 1.54) is 190 Å². The Morgan fingerprint density at radius 2 is 0.575 bits per heavy atom. The zero-order valence-corrected chi connectivity index (χ0v) is 42.2. The maximum absolute atomic E-state index is 2.51. The van der Waals surface area contributed by atoms with Crippen LogP contribution in [-0.4, -0.2) is 0 Å². The first-order valence-corrected chi connectivity index (χ1v) is 26.3. The fraction of sp³-hybridized carbons (Fsp3) is 0.123. The number of aryl methyl sites for hydroxylation is 1. The molecule has 0 radical (unpaired) electrons. The van der Waals surface area contributed by atoms with E-state index in [0.717, 1.165) is 0 Å². The van der Waals surface area contributed by atoms with Crippen LogP contribution in [0, 0.1) is 6.92 Å². The highest BCUT2D eigenvalue weighted by Gasteiger charge is 2.30. The van der Waals surface area contributed by atoms with E-state index in [1.807, 2.05) is 0 Å². The molecule has 0 aliphatic heterocycles. The summed E-state index contributed by atoms with van der Waals surface area (Å²) in [4.78, 5) is 0. The predicted octanol–water partition coefficient (Wildman–Crippen LogP) is 21.3. The standard InChI is InChI=1S/C73H50/c1-37-34-56-55-36-41(73(5,6)7)24-25-49(55)67-65(56)57(35-37)59(39-20-22-40(23-21-39)72(2,3)4)69-52-31-27-46-47-28-32-53-63-51(30-26-45(60(47)63)48-29-33-54(71(67)69)64(52)61(46)48)68-58(38-14-9-8-10-15-38)50-19-13-18-43-42-16-11-12-17-44(42)66(62(43)50)70(53)68/h8-36H,1-7H3. The van der Waals surface area contributed by atoms with Gasteiger partial charge in [0.05, 0.1) is 0 Å². The zero-order valence-electron chi connectivity index (χ0n) is 42.2. The van der Waals surface area contributed by atoms with Crippen LogP contribution in [0.2, 0.25) is 0 Å². The second-order valence-corrected chi connectivity index (χ2v) is 23.9. The number of hydrogen-bond acceptors (Lipinski definition) is 0. The number of hydrogen-bond donors (Lipinski definition) is 0. The van der Waals surface area contributed by atoms with E-state index in [2.05, 4.69) is 224 Å². The largest absolute Gasteiger partial charge is 0.0622 e. The van der Waals surface area contributed by atoms with Crippen LogP contribution in [0.1, 0.15) is 58.2 Å². The smallest absolute Gasteiger partial charge is 0.000696 e. The van der Waals surface area contributed by atoms with Gasteiger partial charge in [0.1, 0.15) is 0 Å². The third kappa shape index (κ3) is 4.84. The third-order valence-electron chi connectivity index (χ3n) is 17.9. The molecule has 0 N–H and O–H groups in total. The van der Waals surface area contributed by atoms with Crippen LogP contribution in [0.15, 0.2) is 176 Å². The summed E-state index contributed by atoms with van der Waals surface area (Å²) in [5.41, 5.74) is 9.36. The second-order valence-electron chi connectivity index (χ2n) is 23.9. The van der Waals surface area contributed by atoms with E-state index in [0.29, 0.717) is 0 Å². The summed E-state index contributed by atoms with van der Waals surface area (Å²) < 4.78 is 0. The summed E-state index contributed by atoms with van der Waals surface area (Å²) in [6.07, 6.45) is 0. The lowest BCUT2D eigenvalue weighted by atomic mass is 9.84. The van der Waals surface area contributed by atoms with Crippen LogP contribution in [0.5, 0.6) is 0 Å². The molecule has 0 heteroatoms. The van der Waals surface area contributed by atoms with Crippen LogP contribution < -0.4 is 0 Å². The highest BCUT2D eigenvalue weighted by Crippen LogP contribution is 2.58. The van der Waals surface area contributed by atoms with Gasteiger partial charge in [0.15, 0.2) is 0 Å². The van der Waals surface area contributed by atoms with Crippen molar-refractivity contribution in [2.24, 2.45) is 0 Å². The van der Waals surface area contributed by atoms with Crippen molar-refractivity contribution in [3.8, 4) is 22.3 Å². The van der Waals surface area contributed by atoms with Gasteiger partial charge in [-0.1, -0.05) is 211 Å². The molecule has 73 heavy (non-hydrogen) atoms. The molecule has 0 aliphatic carbocycles. The molecule has 0 nitrogen and oxygen atoms in total. The maximum atomic E-state index is 2.51. The molecule has 0 bridgehead atoms. The van der Waals surface area contributed by atoms with Gasteiger partial charge in [-0.15, -0.1) is 0 Å². The summed E-state index contributed by atoms with van der Waals surface area (Å²) >= 11 is 0. The van der Waals surface area contributed by atoms with Crippen molar-refractivity contribution < 1.29 is 0 Å². The molecule has 342 valence electrons. The molecule has 0 aliphatic rings. The summed E-state index contributed by atoms with van der Waals surface area (Å²) in [7, 11) is 0. The first kappa shape index (κ1) is 40.3. The topological polar surface area (TPSA) is 0 Å². The van der Waals surface area contributed by atoms with Crippen molar-refractivity contribution in [3.63, 3.8) is 0 Å². The van der Waals surface area contributed by atoms with Crippen LogP contribution in [0.3, 0.4) is 0 Å². The maximum Gasteiger partial charge on any atom is -0.000696 e. The molecule has 0 atom stereocenters. The number of benzene rings is 13. The summed E-state index contributed by atoms with van der Waals surface area (Å²) in [6, 6.07) is 69.0. The lowest BCUT2D eigenvalue weighted by Gasteiger charge is -2.20. The fourth-order valence-corrected chi connectivity index (χ4v) is 14.8. The number of rotatable bonds is 2. The summed E-state index contributed by atoms with van der Waals surface area (Å²) in [5.74, 6) is 0. The Morgan fingerprint density at radius 3 is 1.16 bits per heavy atom. The molecule has 0 saturated carbocycles. The highest BCUT2D eigenvalue weighted by molar-refractivity contribution is 6.54. The Labute approximate surface area is 422 Å². The fourth-order valence-electron chi connectivity index (χ4n) is 14.8. The minimum absolute atomic E-state index is 0.0321. The van der Waals surface area contributed by atoms with Gasteiger partial charge in [-0.3, -0.25) is 0 Å². The van der Waals surface area contributed by atoms with Crippen LogP contribution in [-0.2, 0) is 10.8 Å². The van der Waals surface area contributed by atoms with Crippen molar-refractivity contribution in [3.05, 3.63) is 193 Å². The molecule has 17 rings (SSSR count). The third-order valence-corrected chi connectivity index (χ3v) is 17.9. The molecule has 0 aromatic heterocycles. The molecule has 0 saturated heterocycles. The highest BCUT2D eigenvalue weighted by atomic mass is 14.3. The Balaban J connectivity index is 1.06. The van der Waals surface area contributed by atoms with Crippen molar-refractivity contribution in [1.29, 1.82) is 0 Å². The quantitative estimate of drug-likeness (QED) is 0.120. The Hall–Kier alpha value is -8.32. The van der Waals surface area contributed by atoms with Gasteiger partial charge in [0, 0.05) is 0 Å². The minimum atomic E-state index is 0.0321. The minimum Gasteiger partial charge on any atom is -0.0622 e. The summed E-state index contributed by atoms with van der Waals surface area (Å²) in [5, 5.41) is 38.2. The van der Waals surface area contributed by atoms with Crippen LogP contribution in [0.25, 0.3) is 173 Å². The molecule has 17 aromatic rings. The molecule has 0 fully saturated rings. The van der Waals surface area contributed by atoms with Gasteiger partial charge in [-0.25, -0.2) is 0 Å². The SMILES string of the molecule is Cc1cc2c(-c3ccc(C(C)(C)C)cc3)c3c4ccc5c6ccc7c8c(ccc(c9ccc(c4c59)c3c3c4ccc(C(C)(C)C)cc4c(c1)c23)c68)c1c(-c2ccccc2)c2cccc3c4ccccc4c(c23)c71. The normalized spacial score (nSPS) is 13.4. The van der Waals surface area contributed by atoms with Crippen molar-refractivity contribution in [1.82, 2.24) is 0 Å². The van der Waals surface area contributed by atoms with E-state index >= 15 is 0 Å². The van der Waals surface area contributed by atoms with E-state index in [9.17, 15) is 0 Å². The van der Waals surface area contributed by atoms with Gasteiger partial charge in [-0.2, -0.15) is 0 Å². The molecule has 0 spiro atoms. The van der Waals surface area contributed by atoms with Crippen molar-refractivity contribution in [2.75, 3.05) is 0 Å². The lowest BCUT2D eigenvalue weighted by Crippen LogP contribution is -2.10. The molecular formula is C73H50. The molecular weight excluding hydrogens is 877 g/mol. The molecule has 0 heterocycles. The monoisotopic (exact) mass is 926 g/mol. The van der Waals surface area contributed by atoms with Gasteiger partial charge < -0.3 is 0 Å². The van der Waals surface area contributed by atoms with Crippen molar-refractivity contribution >= 4 is 151 Å². The average Bonchev–Trinajstić information content (AvgIpc) is 4.17. The van der Waals surface area contributed by atoms with E-state index < -0.39 is 0 Å². The second kappa shape index (κ2) is 13.2. The van der Waals surface area contributed by atoms with Crippen LogP contribution >= 0.6 is 0 Å². The molecule has 0 amide bonds. The van der Waals surface area contributed by atoms with Gasteiger partial charge in [-0.05, 0) is 214 Å². The van der Waals surface area contributed by atoms with Crippen molar-refractivity contribution in [2.45, 2.75) is 59.3 Å². The van der Waals surface area contributed by atoms with Crippen LogP contribution in [0.4, 0.5) is 0 Å². The Bertz CT molecular complexity index is 5210. The predicted molar refractivity (Wildman–Crippen MR) is 320 cm³/mol. The van der Waals surface area contributed by atoms with E-state index in [4.69, 9.17) is 0 Å². The number of fused-ring (bicyclic) bond motifs is 16. The first-order chi connectivity index (χ1) is 35.4. The Morgan fingerprint density at radius 1 is 0.219 bits per heavy atom. The van der Waals surface area contributed by atoms with Gasteiger partial charge in [0.25, 0.3) is 0 Å². The summed E-state index contributed by atoms with van der Waals surface area (Å²) in [6.45, 7) is 16.3. The van der Waals surface area contributed by atoms with Gasteiger partial charge >= 0.3 is 0 Å². The first-order valence-electron chi connectivity index (χ1n) is 26.3. The van der Waals surface area contributed by atoms with E-state index in [-0.39, 0.29) is 10.8 Å². The lowest BCUT2D eigenvalue weighted by molar-refractivity contribution is 0.590. The zero-order chi connectivity index (χ0) is 48.7. The van der Waals surface area contributed by atoms with Gasteiger partial charge in [0.2, 0.25) is 0 Å². The molecule has 17 aromatic carbocycles.